The minimum atomic E-state index is -3.73. The number of rotatable bonds is 7. The maximum absolute atomic E-state index is 12.7. The normalized spacial score (nSPS) is 12.1. The van der Waals surface area contributed by atoms with Gasteiger partial charge in [0.2, 0.25) is 0 Å². The third-order valence-electron chi connectivity index (χ3n) is 4.38. The second-order valence-corrected chi connectivity index (χ2v) is 8.12. The highest BCUT2D eigenvalue weighted by atomic mass is 32.2. The van der Waals surface area contributed by atoms with Gasteiger partial charge in [-0.3, -0.25) is 9.52 Å². The predicted molar refractivity (Wildman–Crippen MR) is 113 cm³/mol. The smallest absolute Gasteiger partial charge is 0.261 e. The SMILES string of the molecule is COc1ccccc1C(C)NC(=O)c1cccc(NS(=O)(=O)c2ccccc2)c1. The summed E-state index contributed by atoms with van der Waals surface area (Å²) in [5, 5.41) is 2.91. The molecule has 0 aliphatic heterocycles. The summed E-state index contributed by atoms with van der Waals surface area (Å²) in [5.41, 5.74) is 1.51. The molecule has 3 aromatic rings. The van der Waals surface area contributed by atoms with Crippen LogP contribution in [0.2, 0.25) is 0 Å². The van der Waals surface area contributed by atoms with Crippen molar-refractivity contribution < 1.29 is 17.9 Å². The fraction of sp³-hybridized carbons (Fsp3) is 0.136. The first-order valence-corrected chi connectivity index (χ1v) is 10.5. The number of sulfonamides is 1. The molecule has 3 aromatic carbocycles. The van der Waals surface area contributed by atoms with Crippen molar-refractivity contribution in [2.75, 3.05) is 11.8 Å². The number of hydrogen-bond acceptors (Lipinski definition) is 4. The number of anilines is 1. The topological polar surface area (TPSA) is 84.5 Å². The van der Waals surface area contributed by atoms with Gasteiger partial charge in [-0.15, -0.1) is 0 Å². The maximum atomic E-state index is 12.7. The minimum Gasteiger partial charge on any atom is -0.496 e. The average Bonchev–Trinajstić information content (AvgIpc) is 2.74. The number of ether oxygens (including phenoxy) is 1. The Morgan fingerprint density at radius 3 is 2.34 bits per heavy atom. The minimum absolute atomic E-state index is 0.152. The molecule has 0 heterocycles. The predicted octanol–water partition coefficient (Wildman–Crippen LogP) is 3.99. The van der Waals surface area contributed by atoms with E-state index in [-0.39, 0.29) is 16.8 Å². The monoisotopic (exact) mass is 410 g/mol. The van der Waals surface area contributed by atoms with Gasteiger partial charge in [0.05, 0.1) is 18.0 Å². The third kappa shape index (κ3) is 4.94. The second-order valence-electron chi connectivity index (χ2n) is 6.44. The first-order chi connectivity index (χ1) is 13.9. The Kier molecular flexibility index (Phi) is 6.19. The standard InChI is InChI=1S/C22H22N2O4S/c1-16(20-13-6-7-14-21(20)28-2)23-22(25)17-9-8-10-18(15-17)24-29(26,27)19-11-4-3-5-12-19/h3-16,24H,1-2H3,(H,23,25). The number of carbonyl (C=O) groups excluding carboxylic acids is 1. The molecule has 0 saturated heterocycles. The van der Waals surface area contributed by atoms with Crippen LogP contribution in [0.1, 0.15) is 28.9 Å². The molecule has 3 rings (SSSR count). The molecule has 7 heteroatoms. The van der Waals surface area contributed by atoms with Gasteiger partial charge in [0, 0.05) is 16.8 Å². The highest BCUT2D eigenvalue weighted by Gasteiger charge is 2.17. The van der Waals surface area contributed by atoms with Crippen LogP contribution in [-0.4, -0.2) is 21.4 Å². The quantitative estimate of drug-likeness (QED) is 0.617. The van der Waals surface area contributed by atoms with E-state index in [0.29, 0.717) is 17.0 Å². The van der Waals surface area contributed by atoms with Gasteiger partial charge in [-0.25, -0.2) is 8.42 Å². The maximum Gasteiger partial charge on any atom is 0.261 e. The number of nitrogens with one attached hydrogen (secondary N) is 2. The molecule has 0 fully saturated rings. The number of methoxy groups -OCH3 is 1. The summed E-state index contributed by atoms with van der Waals surface area (Å²) in [7, 11) is -2.15. The van der Waals surface area contributed by atoms with Crippen LogP contribution in [0.4, 0.5) is 5.69 Å². The Labute approximate surface area is 170 Å². The molecule has 0 aliphatic carbocycles. The molecule has 0 radical (unpaired) electrons. The largest absolute Gasteiger partial charge is 0.496 e. The lowest BCUT2D eigenvalue weighted by molar-refractivity contribution is 0.0939. The number of benzene rings is 3. The molecule has 0 aliphatic rings. The van der Waals surface area contributed by atoms with E-state index in [9.17, 15) is 13.2 Å². The van der Waals surface area contributed by atoms with Crippen LogP contribution in [-0.2, 0) is 10.0 Å². The Balaban J connectivity index is 1.76. The Morgan fingerprint density at radius 1 is 0.931 bits per heavy atom. The van der Waals surface area contributed by atoms with E-state index in [1.165, 1.54) is 18.2 Å². The molecule has 0 saturated carbocycles. The Hall–Kier alpha value is -3.32. The van der Waals surface area contributed by atoms with Crippen molar-refractivity contribution in [3.63, 3.8) is 0 Å². The first kappa shape index (κ1) is 20.4. The van der Waals surface area contributed by atoms with E-state index >= 15 is 0 Å². The van der Waals surface area contributed by atoms with Crippen LogP contribution in [0.3, 0.4) is 0 Å². The van der Waals surface area contributed by atoms with Gasteiger partial charge < -0.3 is 10.1 Å². The number of carbonyl (C=O) groups is 1. The van der Waals surface area contributed by atoms with E-state index < -0.39 is 10.0 Å². The second kappa shape index (κ2) is 8.79. The van der Waals surface area contributed by atoms with Crippen molar-refractivity contribution in [3.05, 3.63) is 90.0 Å². The molecule has 6 nitrogen and oxygen atoms in total. The van der Waals surface area contributed by atoms with Crippen LogP contribution in [0.15, 0.2) is 83.8 Å². The molecule has 0 aromatic heterocycles. The van der Waals surface area contributed by atoms with Crippen molar-refractivity contribution >= 4 is 21.6 Å². The molecule has 1 atom stereocenters. The van der Waals surface area contributed by atoms with Crippen molar-refractivity contribution in [2.45, 2.75) is 17.9 Å². The molecule has 0 bridgehead atoms. The fourth-order valence-electron chi connectivity index (χ4n) is 2.92. The van der Waals surface area contributed by atoms with Crippen molar-refractivity contribution in [2.24, 2.45) is 0 Å². The first-order valence-electron chi connectivity index (χ1n) is 9.02. The number of amides is 1. The zero-order valence-electron chi connectivity index (χ0n) is 16.1. The molecule has 0 spiro atoms. The zero-order chi connectivity index (χ0) is 20.9. The van der Waals surface area contributed by atoms with Crippen LogP contribution in [0.5, 0.6) is 5.75 Å². The Morgan fingerprint density at radius 2 is 1.62 bits per heavy atom. The van der Waals surface area contributed by atoms with E-state index in [2.05, 4.69) is 10.0 Å². The molecule has 150 valence electrons. The molecular formula is C22H22N2O4S. The summed E-state index contributed by atoms with van der Waals surface area (Å²) in [5.74, 6) is 0.369. The average molecular weight is 410 g/mol. The number of hydrogen-bond donors (Lipinski definition) is 2. The van der Waals surface area contributed by atoms with Gasteiger partial charge in [-0.05, 0) is 43.3 Å². The summed E-state index contributed by atoms with van der Waals surface area (Å²) in [6.07, 6.45) is 0. The highest BCUT2D eigenvalue weighted by Crippen LogP contribution is 2.25. The number of para-hydroxylation sites is 1. The van der Waals surface area contributed by atoms with Crippen LogP contribution < -0.4 is 14.8 Å². The lowest BCUT2D eigenvalue weighted by atomic mass is 10.1. The third-order valence-corrected chi connectivity index (χ3v) is 5.78. The molecular weight excluding hydrogens is 388 g/mol. The molecule has 2 N–H and O–H groups in total. The van der Waals surface area contributed by atoms with E-state index in [1.54, 1.807) is 43.5 Å². The van der Waals surface area contributed by atoms with Gasteiger partial charge >= 0.3 is 0 Å². The Bertz CT molecular complexity index is 1100. The fourth-order valence-corrected chi connectivity index (χ4v) is 3.99. The van der Waals surface area contributed by atoms with Gasteiger partial charge in [-0.2, -0.15) is 0 Å². The van der Waals surface area contributed by atoms with Crippen LogP contribution >= 0.6 is 0 Å². The van der Waals surface area contributed by atoms with E-state index in [0.717, 1.165) is 5.56 Å². The molecule has 29 heavy (non-hydrogen) atoms. The van der Waals surface area contributed by atoms with Crippen molar-refractivity contribution in [1.29, 1.82) is 0 Å². The van der Waals surface area contributed by atoms with E-state index in [4.69, 9.17) is 4.74 Å². The molecule has 1 amide bonds. The summed E-state index contributed by atoms with van der Waals surface area (Å²) in [4.78, 5) is 12.8. The highest BCUT2D eigenvalue weighted by molar-refractivity contribution is 7.92. The van der Waals surface area contributed by atoms with Crippen molar-refractivity contribution in [1.82, 2.24) is 5.32 Å². The summed E-state index contributed by atoms with van der Waals surface area (Å²) in [6.45, 7) is 1.86. The lowest BCUT2D eigenvalue weighted by Crippen LogP contribution is -2.27. The summed E-state index contributed by atoms with van der Waals surface area (Å²) in [6, 6.07) is 21.6. The van der Waals surface area contributed by atoms with Crippen LogP contribution in [0, 0.1) is 0 Å². The van der Waals surface area contributed by atoms with Crippen LogP contribution in [0.25, 0.3) is 0 Å². The van der Waals surface area contributed by atoms with Gasteiger partial charge in [-0.1, -0.05) is 42.5 Å². The van der Waals surface area contributed by atoms with Gasteiger partial charge in [0.1, 0.15) is 5.75 Å². The van der Waals surface area contributed by atoms with Gasteiger partial charge in [0.15, 0.2) is 0 Å². The molecule has 1 unspecified atom stereocenters. The summed E-state index contributed by atoms with van der Waals surface area (Å²) >= 11 is 0. The van der Waals surface area contributed by atoms with Crippen molar-refractivity contribution in [3.8, 4) is 5.75 Å². The van der Waals surface area contributed by atoms with Gasteiger partial charge in [0.25, 0.3) is 15.9 Å². The summed E-state index contributed by atoms with van der Waals surface area (Å²) < 4.78 is 32.8. The lowest BCUT2D eigenvalue weighted by Gasteiger charge is -2.17. The zero-order valence-corrected chi connectivity index (χ0v) is 16.9. The van der Waals surface area contributed by atoms with E-state index in [1.807, 2.05) is 31.2 Å².